The number of rotatable bonds is 4. The van der Waals surface area contributed by atoms with Gasteiger partial charge in [0.15, 0.2) is 11.6 Å². The van der Waals surface area contributed by atoms with Crippen LogP contribution in [-0.2, 0) is 0 Å². The molecule has 0 radical (unpaired) electrons. The van der Waals surface area contributed by atoms with Gasteiger partial charge in [0.1, 0.15) is 0 Å². The van der Waals surface area contributed by atoms with Crippen LogP contribution in [0.2, 0.25) is 0 Å². The van der Waals surface area contributed by atoms with Crippen LogP contribution < -0.4 is 0 Å². The molecule has 0 saturated carbocycles. The normalized spacial score (nSPS) is 11.9. The van der Waals surface area contributed by atoms with Gasteiger partial charge in [0, 0.05) is 53.2 Å². The number of nitrogens with zero attached hydrogens (tertiary/aromatic N) is 4. The SMILES string of the molecule is c1ccc2cc(-c3nc(-c4ccc5ccccc5c4)nc(-n4c5ccccc5c5cccc(-c6cccc7c6sc6ccc8ccccc8c67)c54)n3)ccc2c1. The van der Waals surface area contributed by atoms with E-state index in [1.807, 2.05) is 11.3 Å². The lowest BCUT2D eigenvalue weighted by Crippen LogP contribution is -2.07. The summed E-state index contributed by atoms with van der Waals surface area (Å²) in [6, 6.07) is 65.0. The first-order valence-corrected chi connectivity index (χ1v) is 19.7. The fourth-order valence-electron chi connectivity index (χ4n) is 8.60. The molecular weight excluding hydrogens is 701 g/mol. The van der Waals surface area contributed by atoms with Crippen molar-refractivity contribution >= 4 is 85.6 Å². The molecule has 0 bridgehead atoms. The number of benzene rings is 9. The van der Waals surface area contributed by atoms with E-state index in [-0.39, 0.29) is 0 Å². The van der Waals surface area contributed by atoms with Crippen molar-refractivity contribution in [2.45, 2.75) is 0 Å². The highest BCUT2D eigenvalue weighted by molar-refractivity contribution is 7.26. The van der Waals surface area contributed by atoms with Crippen molar-refractivity contribution < 1.29 is 0 Å². The van der Waals surface area contributed by atoms with Gasteiger partial charge in [0.2, 0.25) is 5.95 Å². The molecular formula is C51H30N4S. The van der Waals surface area contributed by atoms with Gasteiger partial charge in [-0.2, -0.15) is 9.97 Å². The molecule has 12 aromatic rings. The third-order valence-corrected chi connectivity index (χ3v) is 12.4. The van der Waals surface area contributed by atoms with Gasteiger partial charge < -0.3 is 0 Å². The van der Waals surface area contributed by atoms with Crippen molar-refractivity contribution in [1.82, 2.24) is 19.5 Å². The van der Waals surface area contributed by atoms with Crippen LogP contribution in [0.25, 0.3) is 114 Å². The first-order valence-electron chi connectivity index (χ1n) is 18.9. The van der Waals surface area contributed by atoms with E-state index in [1.54, 1.807) is 0 Å². The smallest absolute Gasteiger partial charge is 0.238 e. The van der Waals surface area contributed by atoms with Gasteiger partial charge in [-0.15, -0.1) is 11.3 Å². The van der Waals surface area contributed by atoms with E-state index in [0.717, 1.165) is 49.3 Å². The van der Waals surface area contributed by atoms with Crippen LogP contribution >= 0.6 is 11.3 Å². The lowest BCUT2D eigenvalue weighted by Gasteiger charge is -2.14. The first kappa shape index (κ1) is 31.2. The zero-order chi connectivity index (χ0) is 36.7. The Morgan fingerprint density at radius 2 is 0.946 bits per heavy atom. The van der Waals surface area contributed by atoms with E-state index in [1.165, 1.54) is 47.3 Å². The van der Waals surface area contributed by atoms with Crippen molar-refractivity contribution in [1.29, 1.82) is 0 Å². The summed E-state index contributed by atoms with van der Waals surface area (Å²) >= 11 is 1.87. The van der Waals surface area contributed by atoms with Crippen LogP contribution in [0.1, 0.15) is 0 Å². The summed E-state index contributed by atoms with van der Waals surface area (Å²) in [6.07, 6.45) is 0. The van der Waals surface area contributed by atoms with Gasteiger partial charge in [-0.3, -0.25) is 4.57 Å². The summed E-state index contributed by atoms with van der Waals surface area (Å²) in [5.74, 6) is 1.84. The zero-order valence-electron chi connectivity index (χ0n) is 30.0. The molecule has 5 heteroatoms. The largest absolute Gasteiger partial charge is 0.277 e. The van der Waals surface area contributed by atoms with Gasteiger partial charge in [-0.25, -0.2) is 4.98 Å². The summed E-state index contributed by atoms with van der Waals surface area (Å²) < 4.78 is 4.82. The molecule has 0 spiro atoms. The second kappa shape index (κ2) is 12.2. The monoisotopic (exact) mass is 730 g/mol. The average Bonchev–Trinajstić information content (AvgIpc) is 3.82. The lowest BCUT2D eigenvalue weighted by atomic mass is 9.98. The predicted octanol–water partition coefficient (Wildman–Crippen LogP) is 13.8. The molecule has 260 valence electrons. The highest BCUT2D eigenvalue weighted by Crippen LogP contribution is 2.46. The second-order valence-electron chi connectivity index (χ2n) is 14.4. The Labute approximate surface area is 325 Å². The predicted molar refractivity (Wildman–Crippen MR) is 236 cm³/mol. The van der Waals surface area contributed by atoms with Crippen molar-refractivity contribution in [3.63, 3.8) is 0 Å². The van der Waals surface area contributed by atoms with Crippen molar-refractivity contribution in [3.05, 3.63) is 182 Å². The molecule has 0 aliphatic rings. The number of aromatic nitrogens is 4. The number of hydrogen-bond acceptors (Lipinski definition) is 4. The van der Waals surface area contributed by atoms with E-state index in [2.05, 4.69) is 187 Å². The highest BCUT2D eigenvalue weighted by atomic mass is 32.1. The Morgan fingerprint density at radius 1 is 0.393 bits per heavy atom. The molecule has 0 N–H and O–H groups in total. The molecule has 0 atom stereocenters. The molecule has 0 saturated heterocycles. The van der Waals surface area contributed by atoms with Gasteiger partial charge in [-0.05, 0) is 56.6 Å². The van der Waals surface area contributed by atoms with Gasteiger partial charge in [0.25, 0.3) is 0 Å². The molecule has 12 rings (SSSR count). The van der Waals surface area contributed by atoms with Gasteiger partial charge >= 0.3 is 0 Å². The Hall–Kier alpha value is -7.21. The van der Waals surface area contributed by atoms with Gasteiger partial charge in [0.05, 0.1) is 11.0 Å². The quantitative estimate of drug-likeness (QED) is 0.181. The minimum atomic E-state index is 0.583. The number of fused-ring (bicyclic) bond motifs is 10. The molecule has 0 unspecified atom stereocenters. The Bertz CT molecular complexity index is 3460. The van der Waals surface area contributed by atoms with Crippen LogP contribution in [0.5, 0.6) is 0 Å². The summed E-state index contributed by atoms with van der Waals surface area (Å²) in [4.78, 5) is 15.9. The summed E-state index contributed by atoms with van der Waals surface area (Å²) in [5, 5.41) is 12.1. The fourth-order valence-corrected chi connectivity index (χ4v) is 9.85. The third kappa shape index (κ3) is 4.75. The molecule has 0 aliphatic heterocycles. The highest BCUT2D eigenvalue weighted by Gasteiger charge is 2.22. The maximum Gasteiger partial charge on any atom is 0.238 e. The molecule has 4 nitrogen and oxygen atoms in total. The fraction of sp³-hybridized carbons (Fsp3) is 0. The van der Waals surface area contributed by atoms with Crippen LogP contribution in [-0.4, -0.2) is 19.5 Å². The zero-order valence-corrected chi connectivity index (χ0v) is 30.8. The van der Waals surface area contributed by atoms with E-state index in [4.69, 9.17) is 15.0 Å². The van der Waals surface area contributed by atoms with Crippen molar-refractivity contribution in [3.8, 4) is 39.9 Å². The molecule has 3 aromatic heterocycles. The van der Waals surface area contributed by atoms with Crippen LogP contribution in [0, 0.1) is 0 Å². The van der Waals surface area contributed by atoms with E-state index >= 15 is 0 Å². The minimum Gasteiger partial charge on any atom is -0.277 e. The summed E-state index contributed by atoms with van der Waals surface area (Å²) in [6.45, 7) is 0. The topological polar surface area (TPSA) is 43.6 Å². The van der Waals surface area contributed by atoms with Gasteiger partial charge in [-0.1, -0.05) is 158 Å². The van der Waals surface area contributed by atoms with Crippen molar-refractivity contribution in [2.24, 2.45) is 0 Å². The van der Waals surface area contributed by atoms with Crippen molar-refractivity contribution in [2.75, 3.05) is 0 Å². The van der Waals surface area contributed by atoms with Crippen LogP contribution in [0.15, 0.2) is 182 Å². The molecule has 0 fully saturated rings. The summed E-state index contributed by atoms with van der Waals surface area (Å²) in [5.41, 5.74) is 6.34. The third-order valence-electron chi connectivity index (χ3n) is 11.2. The first-order chi connectivity index (χ1) is 27.7. The molecule has 0 aliphatic carbocycles. The number of para-hydroxylation sites is 2. The molecule has 56 heavy (non-hydrogen) atoms. The Morgan fingerprint density at radius 3 is 1.66 bits per heavy atom. The Balaban J connectivity index is 1.16. The molecule has 3 heterocycles. The standard InChI is InChI=1S/C51H30N4S/c1-3-14-34-29-36(25-23-31(34)11-1)49-52-50(37-26-24-32-12-2-4-15-35(32)30-37)54-51(53-49)55-44-22-8-7-17-39(44)40-18-9-19-41(47(40)55)42-20-10-21-43-46-38-16-6-5-13-33(38)27-28-45(46)56-48(42)43/h1-30H. The average molecular weight is 731 g/mol. The molecule has 9 aromatic carbocycles. The maximum atomic E-state index is 5.35. The number of thiophene rings is 1. The van der Waals surface area contributed by atoms with E-state index in [9.17, 15) is 0 Å². The van der Waals surface area contributed by atoms with Crippen LogP contribution in [0.4, 0.5) is 0 Å². The maximum absolute atomic E-state index is 5.35. The Kier molecular flexibility index (Phi) is 6.76. The van der Waals surface area contributed by atoms with E-state index < -0.39 is 0 Å². The molecule has 0 amide bonds. The summed E-state index contributed by atoms with van der Waals surface area (Å²) in [7, 11) is 0. The lowest BCUT2D eigenvalue weighted by molar-refractivity contribution is 0.954. The second-order valence-corrected chi connectivity index (χ2v) is 15.5. The minimum absolute atomic E-state index is 0.583. The van der Waals surface area contributed by atoms with E-state index in [0.29, 0.717) is 17.6 Å². The number of hydrogen-bond donors (Lipinski definition) is 0. The van der Waals surface area contributed by atoms with Crippen LogP contribution in [0.3, 0.4) is 0 Å².